The maximum atomic E-state index is 12.6. The molecule has 0 N–H and O–H groups in total. The van der Waals surface area contributed by atoms with E-state index in [1.54, 1.807) is 4.90 Å². The monoisotopic (exact) mass is 337 g/mol. The highest BCUT2D eigenvalue weighted by Crippen LogP contribution is 2.27. The first-order chi connectivity index (χ1) is 11.1. The fourth-order valence-electron chi connectivity index (χ4n) is 3.57. The first-order valence-electron chi connectivity index (χ1n) is 8.03. The molecule has 124 valence electrons. The third-order valence-corrected chi connectivity index (χ3v) is 5.06. The van der Waals surface area contributed by atoms with E-state index in [0.29, 0.717) is 19.1 Å². The van der Waals surface area contributed by atoms with Gasteiger partial charge in [0.05, 0.1) is 4.92 Å². The zero-order valence-corrected chi connectivity index (χ0v) is 13.7. The molecule has 1 amide bonds. The molecular formula is C16H20ClN3O3. The number of rotatable bonds is 3. The first-order valence-corrected chi connectivity index (χ1v) is 8.41. The number of nitro benzene ring substituents is 1. The highest BCUT2D eigenvalue weighted by atomic mass is 35.5. The number of piperazine rings is 1. The van der Waals surface area contributed by atoms with Gasteiger partial charge in [0, 0.05) is 43.3 Å². The molecule has 2 aliphatic rings. The van der Waals surface area contributed by atoms with Gasteiger partial charge in [0.15, 0.2) is 0 Å². The van der Waals surface area contributed by atoms with E-state index in [0.717, 1.165) is 13.1 Å². The van der Waals surface area contributed by atoms with Gasteiger partial charge in [-0.25, -0.2) is 0 Å². The highest BCUT2D eigenvalue weighted by molar-refractivity contribution is 6.31. The third-order valence-electron chi connectivity index (χ3n) is 4.83. The van der Waals surface area contributed by atoms with Gasteiger partial charge in [0.25, 0.3) is 11.6 Å². The average Bonchev–Trinajstić information content (AvgIpc) is 3.09. The lowest BCUT2D eigenvalue weighted by molar-refractivity contribution is -0.385. The molecular weight excluding hydrogens is 318 g/mol. The molecule has 0 bridgehead atoms. The van der Waals surface area contributed by atoms with E-state index in [-0.39, 0.29) is 22.2 Å². The molecule has 1 saturated carbocycles. The van der Waals surface area contributed by atoms with Crippen LogP contribution in [0.5, 0.6) is 0 Å². The minimum atomic E-state index is -0.548. The molecule has 3 rings (SSSR count). The van der Waals surface area contributed by atoms with Gasteiger partial charge in [-0.05, 0) is 25.0 Å². The molecule has 0 aromatic heterocycles. The lowest BCUT2D eigenvalue weighted by Crippen LogP contribution is -2.51. The van der Waals surface area contributed by atoms with E-state index >= 15 is 0 Å². The zero-order valence-electron chi connectivity index (χ0n) is 12.9. The summed E-state index contributed by atoms with van der Waals surface area (Å²) in [5, 5.41) is 11.4. The molecule has 0 radical (unpaired) electrons. The van der Waals surface area contributed by atoms with Gasteiger partial charge in [0.2, 0.25) is 0 Å². The van der Waals surface area contributed by atoms with Crippen molar-refractivity contribution in [3.05, 3.63) is 38.9 Å². The van der Waals surface area contributed by atoms with E-state index in [1.807, 2.05) is 0 Å². The second-order valence-corrected chi connectivity index (χ2v) is 6.62. The molecule has 1 heterocycles. The summed E-state index contributed by atoms with van der Waals surface area (Å²) in [4.78, 5) is 27.4. The van der Waals surface area contributed by atoms with Gasteiger partial charge >= 0.3 is 0 Å². The van der Waals surface area contributed by atoms with Crippen molar-refractivity contribution >= 4 is 23.2 Å². The van der Waals surface area contributed by atoms with Gasteiger partial charge in [-0.1, -0.05) is 24.4 Å². The summed E-state index contributed by atoms with van der Waals surface area (Å²) in [6, 6.07) is 4.86. The fraction of sp³-hybridized carbons (Fsp3) is 0.562. The number of nitrogens with zero attached hydrogens (tertiary/aromatic N) is 3. The van der Waals surface area contributed by atoms with Crippen LogP contribution in [0.2, 0.25) is 5.02 Å². The Balaban J connectivity index is 1.69. The Labute approximate surface area is 140 Å². The van der Waals surface area contributed by atoms with Crippen molar-refractivity contribution in [3.8, 4) is 0 Å². The Morgan fingerprint density at radius 3 is 2.43 bits per heavy atom. The quantitative estimate of drug-likeness (QED) is 0.628. The molecule has 0 unspecified atom stereocenters. The number of carbonyl (C=O) groups is 1. The predicted octanol–water partition coefficient (Wildman–Crippen LogP) is 2.95. The second kappa shape index (κ2) is 6.84. The molecule has 7 heteroatoms. The van der Waals surface area contributed by atoms with Gasteiger partial charge < -0.3 is 4.90 Å². The summed E-state index contributed by atoms with van der Waals surface area (Å²) < 4.78 is 0. The van der Waals surface area contributed by atoms with Crippen molar-refractivity contribution in [1.29, 1.82) is 0 Å². The van der Waals surface area contributed by atoms with Crippen molar-refractivity contribution in [2.75, 3.05) is 26.2 Å². The van der Waals surface area contributed by atoms with Crippen molar-refractivity contribution in [2.45, 2.75) is 31.7 Å². The molecule has 1 aliphatic heterocycles. The van der Waals surface area contributed by atoms with Crippen LogP contribution in [-0.2, 0) is 0 Å². The fourth-order valence-corrected chi connectivity index (χ4v) is 3.73. The minimum Gasteiger partial charge on any atom is -0.336 e. The predicted molar refractivity (Wildman–Crippen MR) is 87.8 cm³/mol. The topological polar surface area (TPSA) is 66.7 Å². The van der Waals surface area contributed by atoms with Gasteiger partial charge in [-0.3, -0.25) is 19.8 Å². The van der Waals surface area contributed by atoms with Crippen LogP contribution in [-0.4, -0.2) is 52.9 Å². The molecule has 6 nitrogen and oxygen atoms in total. The van der Waals surface area contributed by atoms with Crippen LogP contribution in [0, 0.1) is 10.1 Å². The van der Waals surface area contributed by atoms with E-state index in [2.05, 4.69) is 4.90 Å². The summed E-state index contributed by atoms with van der Waals surface area (Å²) in [6.07, 6.45) is 5.08. The third kappa shape index (κ3) is 3.48. The van der Waals surface area contributed by atoms with E-state index in [4.69, 9.17) is 11.6 Å². The van der Waals surface area contributed by atoms with Crippen molar-refractivity contribution in [1.82, 2.24) is 9.80 Å². The van der Waals surface area contributed by atoms with Crippen LogP contribution in [0.1, 0.15) is 36.0 Å². The van der Waals surface area contributed by atoms with E-state index in [9.17, 15) is 14.9 Å². The molecule has 1 aromatic rings. The molecule has 1 aromatic carbocycles. The second-order valence-electron chi connectivity index (χ2n) is 6.19. The van der Waals surface area contributed by atoms with Crippen LogP contribution < -0.4 is 0 Å². The summed E-state index contributed by atoms with van der Waals surface area (Å²) >= 11 is 5.81. The molecule has 23 heavy (non-hydrogen) atoms. The molecule has 0 spiro atoms. The zero-order chi connectivity index (χ0) is 16.4. The largest absolute Gasteiger partial charge is 0.336 e. The number of benzene rings is 1. The Kier molecular flexibility index (Phi) is 4.82. The van der Waals surface area contributed by atoms with Gasteiger partial charge in [-0.15, -0.1) is 0 Å². The normalized spacial score (nSPS) is 20.0. The number of hydrogen-bond donors (Lipinski definition) is 0. The smallest absolute Gasteiger partial charge is 0.283 e. The van der Waals surface area contributed by atoms with Crippen LogP contribution in [0.4, 0.5) is 5.69 Å². The van der Waals surface area contributed by atoms with Crippen LogP contribution in [0.3, 0.4) is 0 Å². The Morgan fingerprint density at radius 2 is 1.83 bits per heavy atom. The maximum absolute atomic E-state index is 12.6. The average molecular weight is 338 g/mol. The van der Waals surface area contributed by atoms with Crippen molar-refractivity contribution < 1.29 is 9.72 Å². The Bertz CT molecular complexity index is 609. The number of hydrogen-bond acceptors (Lipinski definition) is 4. The summed E-state index contributed by atoms with van der Waals surface area (Å²) in [7, 11) is 0. The SMILES string of the molecule is O=C(c1ccc(Cl)cc1[N+](=O)[O-])N1CCN(C2CCCC2)CC1. The minimum absolute atomic E-state index is 0.119. The molecule has 0 atom stereocenters. The summed E-state index contributed by atoms with van der Waals surface area (Å²) in [6.45, 7) is 2.93. The number of carbonyl (C=O) groups excluding carboxylic acids is 1. The number of nitro groups is 1. The van der Waals surface area contributed by atoms with E-state index in [1.165, 1.54) is 43.9 Å². The lowest BCUT2D eigenvalue weighted by Gasteiger charge is -2.38. The summed E-state index contributed by atoms with van der Waals surface area (Å²) in [5.74, 6) is -0.278. The van der Waals surface area contributed by atoms with Gasteiger partial charge in [0.1, 0.15) is 5.56 Å². The van der Waals surface area contributed by atoms with E-state index < -0.39 is 4.92 Å². The van der Waals surface area contributed by atoms with Crippen LogP contribution >= 0.6 is 11.6 Å². The van der Waals surface area contributed by atoms with Crippen LogP contribution in [0.25, 0.3) is 0 Å². The standard InChI is InChI=1S/C16H20ClN3O3/c17-12-5-6-14(15(11-12)20(22)23)16(21)19-9-7-18(8-10-19)13-3-1-2-4-13/h5-6,11,13H,1-4,7-10H2. The molecule has 2 fully saturated rings. The lowest BCUT2D eigenvalue weighted by atomic mass is 10.1. The summed E-state index contributed by atoms with van der Waals surface area (Å²) in [5.41, 5.74) is -0.102. The van der Waals surface area contributed by atoms with Crippen LogP contribution in [0.15, 0.2) is 18.2 Å². The molecule has 1 saturated heterocycles. The van der Waals surface area contributed by atoms with Crippen molar-refractivity contribution in [3.63, 3.8) is 0 Å². The molecule has 1 aliphatic carbocycles. The number of halogens is 1. The number of amides is 1. The Morgan fingerprint density at radius 1 is 1.17 bits per heavy atom. The Hall–Kier alpha value is -1.66. The highest BCUT2D eigenvalue weighted by Gasteiger charge is 2.30. The van der Waals surface area contributed by atoms with Crippen molar-refractivity contribution in [2.24, 2.45) is 0 Å². The van der Waals surface area contributed by atoms with Gasteiger partial charge in [-0.2, -0.15) is 0 Å². The first kappa shape index (κ1) is 16.2. The maximum Gasteiger partial charge on any atom is 0.283 e.